The minimum atomic E-state index is -0.205. The van der Waals surface area contributed by atoms with Gasteiger partial charge in [0.2, 0.25) is 0 Å². The number of rotatable bonds is 6. The number of aryl methyl sites for hydroxylation is 2. The first kappa shape index (κ1) is 18.0. The number of hydrogen-bond donors (Lipinski definition) is 1. The van der Waals surface area contributed by atoms with Crippen LogP contribution in [0, 0.1) is 6.92 Å². The number of para-hydroxylation sites is 1. The van der Waals surface area contributed by atoms with E-state index in [2.05, 4.69) is 22.1 Å². The molecule has 1 N–H and O–H groups in total. The predicted molar refractivity (Wildman–Crippen MR) is 111 cm³/mol. The van der Waals surface area contributed by atoms with E-state index in [-0.39, 0.29) is 5.97 Å². The van der Waals surface area contributed by atoms with Crippen LogP contribution >= 0.6 is 0 Å². The number of aromatic nitrogens is 2. The minimum Gasteiger partial charge on any atom is -0.427 e. The normalized spacial score (nSPS) is 10.9. The maximum absolute atomic E-state index is 12.2. The number of nitrogens with zero attached hydrogens (tertiary/aromatic N) is 1. The molecule has 2 heterocycles. The van der Waals surface area contributed by atoms with Gasteiger partial charge in [0.05, 0.1) is 11.4 Å². The van der Waals surface area contributed by atoms with Crippen LogP contribution in [0.15, 0.2) is 72.9 Å². The molecule has 0 fully saturated rings. The van der Waals surface area contributed by atoms with Gasteiger partial charge in [-0.25, -0.2) is 0 Å². The van der Waals surface area contributed by atoms with E-state index in [1.165, 1.54) is 10.9 Å². The van der Waals surface area contributed by atoms with Crippen molar-refractivity contribution in [2.45, 2.75) is 26.2 Å². The van der Waals surface area contributed by atoms with Crippen LogP contribution in [0.4, 0.5) is 0 Å². The van der Waals surface area contributed by atoms with E-state index in [0.717, 1.165) is 28.9 Å². The molecule has 0 unspecified atom stereocenters. The fourth-order valence-electron chi connectivity index (χ4n) is 3.39. The molecule has 0 aliphatic heterocycles. The zero-order chi connectivity index (χ0) is 19.3. The molecular weight excluding hydrogens is 348 g/mol. The van der Waals surface area contributed by atoms with Crippen molar-refractivity contribution < 1.29 is 9.53 Å². The lowest BCUT2D eigenvalue weighted by Crippen LogP contribution is -2.08. The summed E-state index contributed by atoms with van der Waals surface area (Å²) in [6.07, 6.45) is 3.66. The number of aromatic amines is 1. The Hall–Kier alpha value is -3.40. The summed E-state index contributed by atoms with van der Waals surface area (Å²) in [5.74, 6) is 0.389. The zero-order valence-corrected chi connectivity index (χ0v) is 15.8. The van der Waals surface area contributed by atoms with Gasteiger partial charge in [-0.3, -0.25) is 9.78 Å². The molecule has 0 aliphatic rings. The highest BCUT2D eigenvalue weighted by Gasteiger charge is 2.14. The Morgan fingerprint density at radius 3 is 2.57 bits per heavy atom. The van der Waals surface area contributed by atoms with Gasteiger partial charge in [-0.2, -0.15) is 0 Å². The highest BCUT2D eigenvalue weighted by molar-refractivity contribution is 5.90. The first-order valence-electron chi connectivity index (χ1n) is 9.49. The van der Waals surface area contributed by atoms with Crippen molar-refractivity contribution in [1.82, 2.24) is 9.97 Å². The fourth-order valence-corrected chi connectivity index (χ4v) is 3.39. The summed E-state index contributed by atoms with van der Waals surface area (Å²) in [7, 11) is 0. The molecule has 2 aromatic heterocycles. The molecule has 0 saturated carbocycles. The van der Waals surface area contributed by atoms with Crippen molar-refractivity contribution in [2.75, 3.05) is 0 Å². The maximum Gasteiger partial charge on any atom is 0.311 e. The van der Waals surface area contributed by atoms with Crippen LogP contribution in [0.2, 0.25) is 0 Å². The Kier molecular flexibility index (Phi) is 5.20. The second-order valence-electron chi connectivity index (χ2n) is 6.88. The summed E-state index contributed by atoms with van der Waals surface area (Å²) in [6.45, 7) is 2.01. The standard InChI is InChI=1S/C24H22N2O2/c1-17-12-14-18(15-13-17)28-23(27)11-6-8-20-19-7-2-3-9-21(19)26-24(20)22-10-4-5-16-25-22/h2-5,7,9-10,12-16,26H,6,8,11H2,1H3. The molecule has 140 valence electrons. The summed E-state index contributed by atoms with van der Waals surface area (Å²) >= 11 is 0. The smallest absolute Gasteiger partial charge is 0.311 e. The van der Waals surface area contributed by atoms with Crippen molar-refractivity contribution in [3.8, 4) is 17.1 Å². The van der Waals surface area contributed by atoms with Crippen LogP contribution in [-0.2, 0) is 11.2 Å². The Labute approximate surface area is 164 Å². The number of esters is 1. The summed E-state index contributed by atoms with van der Waals surface area (Å²) in [4.78, 5) is 20.2. The minimum absolute atomic E-state index is 0.205. The molecule has 4 aromatic rings. The van der Waals surface area contributed by atoms with Gasteiger partial charge in [0.15, 0.2) is 0 Å². The van der Waals surface area contributed by atoms with Gasteiger partial charge in [-0.15, -0.1) is 0 Å². The molecule has 4 heteroatoms. The number of fused-ring (bicyclic) bond motifs is 1. The van der Waals surface area contributed by atoms with E-state index in [1.54, 1.807) is 6.20 Å². The summed E-state index contributed by atoms with van der Waals surface area (Å²) in [5, 5.41) is 1.18. The number of ether oxygens (including phenoxy) is 1. The predicted octanol–water partition coefficient (Wildman–Crippen LogP) is 5.47. The van der Waals surface area contributed by atoms with Crippen LogP contribution in [0.1, 0.15) is 24.0 Å². The summed E-state index contributed by atoms with van der Waals surface area (Å²) < 4.78 is 5.43. The molecule has 0 atom stereocenters. The number of hydrogen-bond acceptors (Lipinski definition) is 3. The maximum atomic E-state index is 12.2. The van der Waals surface area contributed by atoms with Crippen molar-refractivity contribution in [2.24, 2.45) is 0 Å². The van der Waals surface area contributed by atoms with Gasteiger partial charge in [-0.05, 0) is 55.7 Å². The van der Waals surface area contributed by atoms with E-state index in [9.17, 15) is 4.79 Å². The van der Waals surface area contributed by atoms with E-state index >= 15 is 0 Å². The van der Waals surface area contributed by atoms with Crippen LogP contribution in [-0.4, -0.2) is 15.9 Å². The molecule has 0 aliphatic carbocycles. The third-order valence-electron chi connectivity index (χ3n) is 4.80. The highest BCUT2D eigenvalue weighted by atomic mass is 16.5. The second kappa shape index (κ2) is 8.09. The zero-order valence-electron chi connectivity index (χ0n) is 15.8. The van der Waals surface area contributed by atoms with Crippen molar-refractivity contribution in [3.05, 3.63) is 84.1 Å². The molecule has 4 rings (SSSR count). The van der Waals surface area contributed by atoms with E-state index < -0.39 is 0 Å². The molecule has 2 aromatic carbocycles. The van der Waals surface area contributed by atoms with Gasteiger partial charge >= 0.3 is 5.97 Å². The third-order valence-corrected chi connectivity index (χ3v) is 4.80. The topological polar surface area (TPSA) is 55.0 Å². The number of pyridine rings is 1. The summed E-state index contributed by atoms with van der Waals surface area (Å²) in [5.41, 5.74) is 5.35. The van der Waals surface area contributed by atoms with E-state index in [4.69, 9.17) is 4.74 Å². The monoisotopic (exact) mass is 370 g/mol. The first-order valence-corrected chi connectivity index (χ1v) is 9.49. The van der Waals surface area contributed by atoms with Crippen molar-refractivity contribution >= 4 is 16.9 Å². The number of carbonyl (C=O) groups excluding carboxylic acids is 1. The van der Waals surface area contributed by atoms with E-state index in [1.807, 2.05) is 61.5 Å². The van der Waals surface area contributed by atoms with Gasteiger partial charge in [-0.1, -0.05) is 42.0 Å². The lowest BCUT2D eigenvalue weighted by atomic mass is 10.0. The average molecular weight is 370 g/mol. The van der Waals surface area contributed by atoms with Gasteiger partial charge in [0.1, 0.15) is 5.75 Å². The molecular formula is C24H22N2O2. The molecule has 4 nitrogen and oxygen atoms in total. The van der Waals surface area contributed by atoms with Gasteiger partial charge in [0, 0.05) is 23.5 Å². The number of carbonyl (C=O) groups is 1. The van der Waals surface area contributed by atoms with Crippen LogP contribution in [0.5, 0.6) is 5.75 Å². The van der Waals surface area contributed by atoms with Crippen LogP contribution in [0.3, 0.4) is 0 Å². The lowest BCUT2D eigenvalue weighted by Gasteiger charge is -2.06. The largest absolute Gasteiger partial charge is 0.427 e. The Morgan fingerprint density at radius 2 is 1.79 bits per heavy atom. The van der Waals surface area contributed by atoms with Crippen molar-refractivity contribution in [3.63, 3.8) is 0 Å². The SMILES string of the molecule is Cc1ccc(OC(=O)CCCc2c(-c3ccccn3)[nH]c3ccccc23)cc1. The Bertz CT molecular complexity index is 1080. The number of nitrogens with one attached hydrogen (secondary N) is 1. The molecule has 0 radical (unpaired) electrons. The average Bonchev–Trinajstić information content (AvgIpc) is 3.09. The van der Waals surface area contributed by atoms with Gasteiger partial charge < -0.3 is 9.72 Å². The quantitative estimate of drug-likeness (QED) is 0.362. The molecule has 28 heavy (non-hydrogen) atoms. The molecule has 0 bridgehead atoms. The van der Waals surface area contributed by atoms with Crippen LogP contribution < -0.4 is 4.74 Å². The number of benzene rings is 2. The first-order chi connectivity index (χ1) is 13.7. The highest BCUT2D eigenvalue weighted by Crippen LogP contribution is 2.30. The number of H-pyrrole nitrogens is 1. The Balaban J connectivity index is 1.48. The van der Waals surface area contributed by atoms with Gasteiger partial charge in [0.25, 0.3) is 0 Å². The molecule has 0 spiro atoms. The lowest BCUT2D eigenvalue weighted by molar-refractivity contribution is -0.134. The second-order valence-corrected chi connectivity index (χ2v) is 6.88. The van der Waals surface area contributed by atoms with Crippen LogP contribution in [0.25, 0.3) is 22.3 Å². The fraction of sp³-hybridized carbons (Fsp3) is 0.167. The third kappa shape index (κ3) is 3.96. The Morgan fingerprint density at radius 1 is 1.00 bits per heavy atom. The summed E-state index contributed by atoms with van der Waals surface area (Å²) in [6, 6.07) is 21.6. The van der Waals surface area contributed by atoms with E-state index in [0.29, 0.717) is 18.6 Å². The molecule has 0 amide bonds. The molecule has 0 saturated heterocycles. The van der Waals surface area contributed by atoms with Crippen molar-refractivity contribution in [1.29, 1.82) is 0 Å².